The molecule has 0 aliphatic carbocycles. The highest BCUT2D eigenvalue weighted by atomic mass is 16.6. The number of non-ortho nitro benzene ring substituents is 1. The first-order valence-corrected chi connectivity index (χ1v) is 4.36. The van der Waals surface area contributed by atoms with Crippen molar-refractivity contribution in [1.29, 1.82) is 0 Å². The zero-order valence-corrected chi connectivity index (χ0v) is 8.20. The van der Waals surface area contributed by atoms with E-state index in [4.69, 9.17) is 15.6 Å². The van der Waals surface area contributed by atoms with E-state index in [1.807, 2.05) is 0 Å². The van der Waals surface area contributed by atoms with Crippen molar-refractivity contribution in [1.82, 2.24) is 0 Å². The van der Waals surface area contributed by atoms with Crippen molar-refractivity contribution in [2.75, 3.05) is 6.61 Å². The molecule has 1 aromatic carbocycles. The van der Waals surface area contributed by atoms with E-state index >= 15 is 0 Å². The molecule has 1 unspecified atom stereocenters. The highest BCUT2D eigenvalue weighted by Crippen LogP contribution is 2.17. The van der Waals surface area contributed by atoms with Gasteiger partial charge in [0.15, 0.2) is 0 Å². The zero-order chi connectivity index (χ0) is 12.1. The first-order valence-electron chi connectivity index (χ1n) is 4.36. The number of nitro groups is 1. The van der Waals surface area contributed by atoms with Gasteiger partial charge in [-0.15, -0.1) is 0 Å². The van der Waals surface area contributed by atoms with Crippen LogP contribution in [0.15, 0.2) is 24.3 Å². The van der Waals surface area contributed by atoms with Crippen molar-refractivity contribution >= 4 is 11.7 Å². The molecule has 0 aromatic heterocycles. The summed E-state index contributed by atoms with van der Waals surface area (Å²) in [6.45, 7) is -0.187. The predicted octanol–water partition coefficient (Wildman–Crippen LogP) is 0.385. The molecule has 1 rings (SSSR count). The molecule has 1 atom stereocenters. The molecule has 3 N–H and O–H groups in total. The van der Waals surface area contributed by atoms with Gasteiger partial charge in [-0.3, -0.25) is 14.9 Å². The molecule has 0 heterocycles. The molecular formula is C9H10N2O5. The third-order valence-corrected chi connectivity index (χ3v) is 1.79. The van der Waals surface area contributed by atoms with Crippen molar-refractivity contribution in [3.05, 3.63) is 34.4 Å². The van der Waals surface area contributed by atoms with Crippen LogP contribution in [0.25, 0.3) is 0 Å². The van der Waals surface area contributed by atoms with E-state index in [1.165, 1.54) is 24.3 Å². The quantitative estimate of drug-likeness (QED) is 0.554. The Kier molecular flexibility index (Phi) is 3.78. The fourth-order valence-corrected chi connectivity index (χ4v) is 0.921. The van der Waals surface area contributed by atoms with Gasteiger partial charge in [-0.1, -0.05) is 0 Å². The first-order chi connectivity index (χ1) is 7.50. The summed E-state index contributed by atoms with van der Waals surface area (Å²) in [5.74, 6) is -0.829. The van der Waals surface area contributed by atoms with Crippen LogP contribution in [0.3, 0.4) is 0 Å². The lowest BCUT2D eigenvalue weighted by atomic mass is 10.3. The maximum absolute atomic E-state index is 10.4. The minimum atomic E-state index is -1.16. The van der Waals surface area contributed by atoms with E-state index in [9.17, 15) is 14.9 Å². The number of hydrogen-bond acceptors (Lipinski definition) is 5. The predicted molar refractivity (Wildman–Crippen MR) is 54.2 cm³/mol. The second kappa shape index (κ2) is 5.08. The number of hydrogen-bond donors (Lipinski definition) is 2. The number of rotatable bonds is 5. The van der Waals surface area contributed by atoms with Gasteiger partial charge in [0.05, 0.1) is 4.92 Å². The standard InChI is InChI=1S/C9H10N2O5/c10-8(9(12)13)5-16-7-3-1-6(2-4-7)11(14)15/h1-4,8H,5,10H2,(H,12,13). The maximum atomic E-state index is 10.4. The van der Waals surface area contributed by atoms with E-state index in [-0.39, 0.29) is 12.3 Å². The van der Waals surface area contributed by atoms with Gasteiger partial charge in [-0.05, 0) is 12.1 Å². The van der Waals surface area contributed by atoms with Gasteiger partial charge in [0.2, 0.25) is 0 Å². The molecule has 0 fully saturated rings. The second-order valence-corrected chi connectivity index (χ2v) is 3.01. The molecule has 7 nitrogen and oxygen atoms in total. The molecule has 0 spiro atoms. The van der Waals surface area contributed by atoms with Gasteiger partial charge in [-0.2, -0.15) is 0 Å². The average Bonchev–Trinajstić information content (AvgIpc) is 2.26. The minimum absolute atomic E-state index is 0.0603. The van der Waals surface area contributed by atoms with Crippen molar-refractivity contribution in [3.63, 3.8) is 0 Å². The second-order valence-electron chi connectivity index (χ2n) is 3.01. The number of carboxylic acids is 1. The molecule has 7 heteroatoms. The van der Waals surface area contributed by atoms with Crippen LogP contribution in [0.5, 0.6) is 5.75 Å². The number of nitrogens with two attached hydrogens (primary N) is 1. The molecule has 0 aliphatic heterocycles. The topological polar surface area (TPSA) is 116 Å². The summed E-state index contributed by atoms with van der Waals surface area (Å²) in [6, 6.07) is 4.18. The lowest BCUT2D eigenvalue weighted by molar-refractivity contribution is -0.384. The molecule has 0 saturated heterocycles. The smallest absolute Gasteiger partial charge is 0.324 e. The monoisotopic (exact) mass is 226 g/mol. The third-order valence-electron chi connectivity index (χ3n) is 1.79. The van der Waals surface area contributed by atoms with Crippen molar-refractivity contribution in [3.8, 4) is 5.75 Å². The summed E-state index contributed by atoms with van der Waals surface area (Å²) in [7, 11) is 0. The highest BCUT2D eigenvalue weighted by Gasteiger charge is 2.12. The Bertz CT molecular complexity index is 389. The Balaban J connectivity index is 2.56. The fourth-order valence-electron chi connectivity index (χ4n) is 0.921. The number of benzene rings is 1. The average molecular weight is 226 g/mol. The van der Waals surface area contributed by atoms with Crippen LogP contribution in [-0.4, -0.2) is 28.6 Å². The molecule has 0 radical (unpaired) electrons. The largest absolute Gasteiger partial charge is 0.491 e. The summed E-state index contributed by atoms with van der Waals surface area (Å²) >= 11 is 0. The summed E-state index contributed by atoms with van der Waals surface area (Å²) in [6.07, 6.45) is 0. The van der Waals surface area contributed by atoms with E-state index in [2.05, 4.69) is 0 Å². The number of carbonyl (C=O) groups is 1. The first kappa shape index (κ1) is 11.9. The molecule has 1 aromatic rings. The molecular weight excluding hydrogens is 216 g/mol. The van der Waals surface area contributed by atoms with Crippen molar-refractivity contribution in [2.45, 2.75) is 6.04 Å². The summed E-state index contributed by atoms with van der Waals surface area (Å²) in [5.41, 5.74) is 5.15. The van der Waals surface area contributed by atoms with E-state index in [1.54, 1.807) is 0 Å². The Morgan fingerprint density at radius 1 is 1.50 bits per heavy atom. The van der Waals surface area contributed by atoms with Crippen LogP contribution >= 0.6 is 0 Å². The third kappa shape index (κ3) is 3.21. The van der Waals surface area contributed by atoms with Crippen molar-refractivity contribution in [2.24, 2.45) is 5.73 Å². The molecule has 0 bridgehead atoms. The van der Waals surface area contributed by atoms with Gasteiger partial charge in [0.25, 0.3) is 5.69 Å². The van der Waals surface area contributed by atoms with Crippen LogP contribution in [0.4, 0.5) is 5.69 Å². The van der Waals surface area contributed by atoms with Crippen LogP contribution in [0, 0.1) is 10.1 Å². The van der Waals surface area contributed by atoms with Crippen LogP contribution in [0.1, 0.15) is 0 Å². The van der Waals surface area contributed by atoms with Crippen LogP contribution in [-0.2, 0) is 4.79 Å². The SMILES string of the molecule is NC(COc1ccc([N+](=O)[O-])cc1)C(=O)O. The summed E-state index contributed by atoms with van der Waals surface area (Å²) < 4.78 is 5.04. The molecule has 16 heavy (non-hydrogen) atoms. The molecule has 0 aliphatic rings. The van der Waals surface area contributed by atoms with Crippen LogP contribution in [0.2, 0.25) is 0 Å². The Morgan fingerprint density at radius 3 is 2.50 bits per heavy atom. The number of nitro benzene ring substituents is 1. The Labute approximate surface area is 90.6 Å². The van der Waals surface area contributed by atoms with E-state index in [0.29, 0.717) is 5.75 Å². The van der Waals surface area contributed by atoms with Gasteiger partial charge >= 0.3 is 5.97 Å². The van der Waals surface area contributed by atoms with Gasteiger partial charge in [-0.25, -0.2) is 0 Å². The van der Waals surface area contributed by atoms with Crippen LogP contribution < -0.4 is 10.5 Å². The van der Waals surface area contributed by atoms with Crippen molar-refractivity contribution < 1.29 is 19.6 Å². The lowest BCUT2D eigenvalue weighted by Gasteiger charge is -2.08. The summed E-state index contributed by atoms with van der Waals surface area (Å²) in [4.78, 5) is 20.2. The van der Waals surface area contributed by atoms with Gasteiger partial charge < -0.3 is 15.6 Å². The Hall–Kier alpha value is -2.15. The number of nitrogens with zero attached hydrogens (tertiary/aromatic N) is 1. The normalized spacial score (nSPS) is 11.8. The fraction of sp³-hybridized carbons (Fsp3) is 0.222. The molecule has 0 saturated carbocycles. The number of ether oxygens (including phenoxy) is 1. The molecule has 0 amide bonds. The summed E-state index contributed by atoms with van der Waals surface area (Å²) in [5, 5.41) is 18.8. The Morgan fingerprint density at radius 2 is 2.06 bits per heavy atom. The zero-order valence-electron chi connectivity index (χ0n) is 8.20. The number of carboxylic acid groups (broad SMARTS) is 1. The van der Waals surface area contributed by atoms with Gasteiger partial charge in [0.1, 0.15) is 18.4 Å². The van der Waals surface area contributed by atoms with E-state index < -0.39 is 16.9 Å². The highest BCUT2D eigenvalue weighted by molar-refractivity contribution is 5.73. The lowest BCUT2D eigenvalue weighted by Crippen LogP contribution is -2.36. The van der Waals surface area contributed by atoms with E-state index in [0.717, 1.165) is 0 Å². The minimum Gasteiger partial charge on any atom is -0.491 e. The maximum Gasteiger partial charge on any atom is 0.324 e. The molecule has 86 valence electrons. The van der Waals surface area contributed by atoms with Gasteiger partial charge in [0, 0.05) is 12.1 Å². The number of aliphatic carboxylic acids is 1.